The molecular formula is C19H26N2O3S. The van der Waals surface area contributed by atoms with Crippen LogP contribution in [0.15, 0.2) is 59.2 Å². The van der Waals surface area contributed by atoms with Gasteiger partial charge >= 0.3 is 0 Å². The maximum absolute atomic E-state index is 13.1. The Morgan fingerprint density at radius 2 is 2.00 bits per heavy atom. The standard InChI is InChI=1S/C19H26N2O3S/c1-5-7-17(16(4)6-2)24-18-9-8-15(3)14-19(18)25(22,23)21-12-10-20-11-13-21/h5-9,14,20H,1,10-13H2,2-4H3/b16-6-,17-7+. The third-order valence-electron chi connectivity index (χ3n) is 4.10. The van der Waals surface area contributed by atoms with Crippen LogP contribution in [0.4, 0.5) is 0 Å². The first-order chi connectivity index (χ1) is 11.9. The van der Waals surface area contributed by atoms with Gasteiger partial charge in [-0.05, 0) is 50.1 Å². The predicted octanol–water partition coefficient (Wildman–Crippen LogP) is 3.00. The van der Waals surface area contributed by atoms with Crippen molar-refractivity contribution in [1.29, 1.82) is 0 Å². The molecular weight excluding hydrogens is 336 g/mol. The van der Waals surface area contributed by atoms with Gasteiger partial charge in [0.05, 0.1) is 0 Å². The first-order valence-electron chi connectivity index (χ1n) is 8.35. The van der Waals surface area contributed by atoms with E-state index in [0.29, 0.717) is 37.7 Å². The average Bonchev–Trinajstić information content (AvgIpc) is 2.62. The second-order valence-corrected chi connectivity index (χ2v) is 7.85. The molecule has 1 aliphatic rings. The van der Waals surface area contributed by atoms with E-state index in [0.717, 1.165) is 11.1 Å². The summed E-state index contributed by atoms with van der Waals surface area (Å²) in [5.41, 5.74) is 1.78. The minimum atomic E-state index is -3.61. The second kappa shape index (κ2) is 8.47. The van der Waals surface area contributed by atoms with Gasteiger partial charge in [-0.2, -0.15) is 4.31 Å². The zero-order valence-electron chi connectivity index (χ0n) is 15.1. The summed E-state index contributed by atoms with van der Waals surface area (Å²) in [5.74, 6) is 0.913. The number of aryl methyl sites for hydroxylation is 1. The first kappa shape index (κ1) is 19.4. The molecule has 0 saturated carbocycles. The van der Waals surface area contributed by atoms with Crippen LogP contribution in [0.25, 0.3) is 0 Å². The van der Waals surface area contributed by atoms with E-state index in [9.17, 15) is 8.42 Å². The average molecular weight is 362 g/mol. The van der Waals surface area contributed by atoms with E-state index in [1.54, 1.807) is 24.3 Å². The number of benzene rings is 1. The Morgan fingerprint density at radius 1 is 1.32 bits per heavy atom. The number of hydrogen-bond acceptors (Lipinski definition) is 4. The van der Waals surface area contributed by atoms with Crippen molar-refractivity contribution in [2.45, 2.75) is 25.7 Å². The van der Waals surface area contributed by atoms with Crippen molar-refractivity contribution in [3.63, 3.8) is 0 Å². The summed E-state index contributed by atoms with van der Waals surface area (Å²) in [6.07, 6.45) is 5.27. The van der Waals surface area contributed by atoms with Gasteiger partial charge < -0.3 is 10.1 Å². The zero-order chi connectivity index (χ0) is 18.4. The van der Waals surface area contributed by atoms with E-state index in [1.165, 1.54) is 4.31 Å². The van der Waals surface area contributed by atoms with Crippen molar-refractivity contribution in [2.24, 2.45) is 0 Å². The Bertz CT molecular complexity index is 789. The van der Waals surface area contributed by atoms with Gasteiger partial charge in [-0.15, -0.1) is 0 Å². The summed E-state index contributed by atoms with van der Waals surface area (Å²) in [7, 11) is -3.61. The highest BCUT2D eigenvalue weighted by atomic mass is 32.2. The number of allylic oxidation sites excluding steroid dienone is 4. The summed E-state index contributed by atoms with van der Waals surface area (Å²) in [5, 5.41) is 3.17. The first-order valence-corrected chi connectivity index (χ1v) is 9.79. The Kier molecular flexibility index (Phi) is 6.58. The minimum Gasteiger partial charge on any atom is -0.456 e. The highest BCUT2D eigenvalue weighted by Gasteiger charge is 2.29. The summed E-state index contributed by atoms with van der Waals surface area (Å²) in [6, 6.07) is 5.23. The molecule has 136 valence electrons. The van der Waals surface area contributed by atoms with E-state index in [2.05, 4.69) is 11.9 Å². The van der Waals surface area contributed by atoms with Gasteiger partial charge in [0, 0.05) is 26.2 Å². The lowest BCUT2D eigenvalue weighted by Crippen LogP contribution is -2.46. The molecule has 1 saturated heterocycles. The molecule has 5 nitrogen and oxygen atoms in total. The fraction of sp³-hybridized carbons (Fsp3) is 0.368. The molecule has 1 N–H and O–H groups in total. The SMILES string of the molecule is C=C/C=C(Oc1ccc(C)cc1S(=O)(=O)N1CCNCC1)\C(C)=C/C. The highest BCUT2D eigenvalue weighted by molar-refractivity contribution is 7.89. The molecule has 0 unspecified atom stereocenters. The van der Waals surface area contributed by atoms with Crippen LogP contribution in [-0.2, 0) is 10.0 Å². The fourth-order valence-electron chi connectivity index (χ4n) is 2.54. The third-order valence-corrected chi connectivity index (χ3v) is 6.02. The smallest absolute Gasteiger partial charge is 0.246 e. The summed E-state index contributed by atoms with van der Waals surface area (Å²) >= 11 is 0. The van der Waals surface area contributed by atoms with Crippen molar-refractivity contribution in [3.05, 3.63) is 59.9 Å². The van der Waals surface area contributed by atoms with Crippen molar-refractivity contribution in [3.8, 4) is 5.75 Å². The fourth-order valence-corrected chi connectivity index (χ4v) is 4.18. The summed E-state index contributed by atoms with van der Waals surface area (Å²) < 4.78 is 33.7. The zero-order valence-corrected chi connectivity index (χ0v) is 15.9. The molecule has 0 radical (unpaired) electrons. The number of sulfonamides is 1. The lowest BCUT2D eigenvalue weighted by Gasteiger charge is -2.27. The van der Waals surface area contributed by atoms with Gasteiger partial charge in [-0.3, -0.25) is 0 Å². The van der Waals surface area contributed by atoms with Crippen LogP contribution in [0, 0.1) is 6.92 Å². The van der Waals surface area contributed by atoms with Crippen LogP contribution in [-0.4, -0.2) is 38.9 Å². The van der Waals surface area contributed by atoms with Gasteiger partial charge in [-0.1, -0.05) is 24.8 Å². The molecule has 0 aliphatic carbocycles. The van der Waals surface area contributed by atoms with Crippen LogP contribution < -0.4 is 10.1 Å². The topological polar surface area (TPSA) is 58.6 Å². The van der Waals surface area contributed by atoms with Crippen molar-refractivity contribution >= 4 is 10.0 Å². The Balaban J connectivity index is 2.47. The Labute approximate surface area is 150 Å². The molecule has 0 spiro atoms. The van der Waals surface area contributed by atoms with Gasteiger partial charge in [0.1, 0.15) is 16.4 Å². The Morgan fingerprint density at radius 3 is 2.60 bits per heavy atom. The maximum Gasteiger partial charge on any atom is 0.246 e. The van der Waals surface area contributed by atoms with Crippen LogP contribution in [0.2, 0.25) is 0 Å². The predicted molar refractivity (Wildman–Crippen MR) is 101 cm³/mol. The summed E-state index contributed by atoms with van der Waals surface area (Å²) in [4.78, 5) is 0.202. The van der Waals surface area contributed by atoms with Gasteiger partial charge in [-0.25, -0.2) is 8.42 Å². The van der Waals surface area contributed by atoms with Crippen LogP contribution >= 0.6 is 0 Å². The van der Waals surface area contributed by atoms with E-state index >= 15 is 0 Å². The molecule has 0 aromatic heterocycles. The quantitative estimate of drug-likeness (QED) is 0.624. The molecule has 6 heteroatoms. The minimum absolute atomic E-state index is 0.202. The van der Waals surface area contributed by atoms with E-state index in [1.807, 2.05) is 32.9 Å². The van der Waals surface area contributed by atoms with Crippen molar-refractivity contribution < 1.29 is 13.2 Å². The molecule has 0 bridgehead atoms. The van der Waals surface area contributed by atoms with Crippen LogP contribution in [0.1, 0.15) is 19.4 Å². The number of nitrogens with zero attached hydrogens (tertiary/aromatic N) is 1. The third kappa shape index (κ3) is 4.60. The monoisotopic (exact) mass is 362 g/mol. The van der Waals surface area contributed by atoms with Gasteiger partial charge in [0.25, 0.3) is 0 Å². The molecule has 0 atom stereocenters. The maximum atomic E-state index is 13.1. The van der Waals surface area contributed by atoms with E-state index in [-0.39, 0.29) is 4.90 Å². The van der Waals surface area contributed by atoms with Crippen LogP contribution in [0.5, 0.6) is 5.75 Å². The molecule has 1 fully saturated rings. The number of piperazine rings is 1. The number of nitrogens with one attached hydrogen (secondary N) is 1. The molecule has 25 heavy (non-hydrogen) atoms. The molecule has 1 heterocycles. The highest BCUT2D eigenvalue weighted by Crippen LogP contribution is 2.30. The molecule has 2 rings (SSSR count). The number of rotatable bonds is 6. The molecule has 1 aromatic rings. The Hall–Kier alpha value is -1.89. The van der Waals surface area contributed by atoms with E-state index in [4.69, 9.17) is 4.74 Å². The number of ether oxygens (including phenoxy) is 1. The molecule has 0 amide bonds. The lowest BCUT2D eigenvalue weighted by molar-refractivity contribution is 0.356. The second-order valence-electron chi connectivity index (χ2n) is 5.94. The van der Waals surface area contributed by atoms with Crippen molar-refractivity contribution in [1.82, 2.24) is 9.62 Å². The summed E-state index contributed by atoms with van der Waals surface area (Å²) in [6.45, 7) is 11.6. The molecule has 1 aliphatic heterocycles. The van der Waals surface area contributed by atoms with Gasteiger partial charge in [0.15, 0.2) is 0 Å². The van der Waals surface area contributed by atoms with E-state index < -0.39 is 10.0 Å². The molecule has 1 aromatic carbocycles. The van der Waals surface area contributed by atoms with Crippen molar-refractivity contribution in [2.75, 3.05) is 26.2 Å². The normalized spacial score (nSPS) is 17.4. The lowest BCUT2D eigenvalue weighted by atomic mass is 10.2. The van der Waals surface area contributed by atoms with Crippen LogP contribution in [0.3, 0.4) is 0 Å². The largest absolute Gasteiger partial charge is 0.456 e. The van der Waals surface area contributed by atoms with Gasteiger partial charge in [0.2, 0.25) is 10.0 Å². The number of hydrogen-bond donors (Lipinski definition) is 1.